The maximum atomic E-state index is 11.9. The van der Waals surface area contributed by atoms with E-state index in [1.54, 1.807) is 11.1 Å². The molecule has 2 aliphatic heterocycles. The summed E-state index contributed by atoms with van der Waals surface area (Å²) in [5, 5.41) is 9.35. The largest absolute Gasteiger partial charge is 0.437 e. The zero-order chi connectivity index (χ0) is 12.2. The Balaban J connectivity index is 2.24. The van der Waals surface area contributed by atoms with Crippen molar-refractivity contribution in [3.63, 3.8) is 0 Å². The van der Waals surface area contributed by atoms with E-state index in [9.17, 15) is 9.90 Å². The summed E-state index contributed by atoms with van der Waals surface area (Å²) in [7, 11) is 0. The Labute approximate surface area is 99.0 Å². The highest BCUT2D eigenvalue weighted by atomic mass is 16.6. The van der Waals surface area contributed by atoms with Crippen LogP contribution in [0.5, 0.6) is 0 Å². The Morgan fingerprint density at radius 2 is 2.41 bits per heavy atom. The molecule has 1 aromatic rings. The minimum Gasteiger partial charge on any atom is -0.437 e. The summed E-state index contributed by atoms with van der Waals surface area (Å²) in [4.78, 5) is 17.8. The fourth-order valence-electron chi connectivity index (χ4n) is 2.58. The van der Waals surface area contributed by atoms with Crippen LogP contribution in [0.4, 0.5) is 10.5 Å². The lowest BCUT2D eigenvalue weighted by molar-refractivity contribution is 0.0322. The van der Waals surface area contributed by atoms with Crippen molar-refractivity contribution >= 4 is 11.8 Å². The Morgan fingerprint density at radius 1 is 1.65 bits per heavy atom. The molecule has 1 N–H and O–H groups in total. The predicted octanol–water partition coefficient (Wildman–Crippen LogP) is 1.36. The number of aliphatic hydroxyl groups excluding tert-OH is 1. The van der Waals surface area contributed by atoms with Crippen LogP contribution in [0.1, 0.15) is 31.0 Å². The molecule has 0 saturated carbocycles. The number of rotatable bonds is 1. The number of aromatic nitrogens is 1. The van der Waals surface area contributed by atoms with Crippen molar-refractivity contribution in [1.29, 1.82) is 0 Å². The van der Waals surface area contributed by atoms with Crippen molar-refractivity contribution in [3.8, 4) is 0 Å². The average molecular weight is 234 g/mol. The molecule has 3 heterocycles. The normalized spacial score (nSPS) is 24.5. The van der Waals surface area contributed by atoms with E-state index in [0.29, 0.717) is 6.54 Å². The van der Waals surface area contributed by atoms with Crippen LogP contribution in [0.25, 0.3) is 0 Å². The minimum atomic E-state index is -0.705. The predicted molar refractivity (Wildman–Crippen MR) is 60.9 cm³/mol. The molecule has 3 rings (SSSR count). The second kappa shape index (κ2) is 3.20. The van der Waals surface area contributed by atoms with E-state index in [2.05, 4.69) is 4.98 Å². The summed E-state index contributed by atoms with van der Waals surface area (Å²) < 4.78 is 5.37. The number of amides is 1. The van der Waals surface area contributed by atoms with Gasteiger partial charge in [-0.15, -0.1) is 0 Å². The highest BCUT2D eigenvalue weighted by Crippen LogP contribution is 2.46. The number of nitrogens with zero attached hydrogens (tertiary/aromatic N) is 2. The van der Waals surface area contributed by atoms with Gasteiger partial charge >= 0.3 is 6.09 Å². The Morgan fingerprint density at radius 3 is 3.12 bits per heavy atom. The summed E-state index contributed by atoms with van der Waals surface area (Å²) in [6.07, 6.45) is 1.36. The Bertz CT molecular complexity index is 499. The zero-order valence-electron chi connectivity index (χ0n) is 9.80. The molecule has 0 saturated heterocycles. The number of cyclic esters (lactones) is 1. The van der Waals surface area contributed by atoms with Crippen LogP contribution < -0.4 is 4.90 Å². The van der Waals surface area contributed by atoms with Crippen LogP contribution in [0.15, 0.2) is 12.3 Å². The van der Waals surface area contributed by atoms with Crippen molar-refractivity contribution in [1.82, 2.24) is 4.98 Å². The molecule has 5 nitrogen and oxygen atoms in total. The first-order valence-electron chi connectivity index (χ1n) is 5.65. The Kier molecular flexibility index (Phi) is 1.98. The summed E-state index contributed by atoms with van der Waals surface area (Å²) >= 11 is 0. The average Bonchev–Trinajstić information content (AvgIpc) is 2.65. The first-order valence-corrected chi connectivity index (χ1v) is 5.65. The lowest BCUT2D eigenvalue weighted by atomic mass is 9.96. The molecule has 0 unspecified atom stereocenters. The zero-order valence-corrected chi connectivity index (χ0v) is 9.80. The van der Waals surface area contributed by atoms with Gasteiger partial charge in [0.2, 0.25) is 0 Å². The molecule has 0 radical (unpaired) electrons. The molecule has 0 bridgehead atoms. The van der Waals surface area contributed by atoms with Gasteiger partial charge < -0.3 is 9.84 Å². The fraction of sp³-hybridized carbons (Fsp3) is 0.500. The molecule has 5 heteroatoms. The highest BCUT2D eigenvalue weighted by Gasteiger charge is 2.45. The van der Waals surface area contributed by atoms with Gasteiger partial charge in [-0.1, -0.05) is 0 Å². The van der Waals surface area contributed by atoms with E-state index in [1.165, 1.54) is 0 Å². The van der Waals surface area contributed by atoms with Crippen LogP contribution in [0.3, 0.4) is 0 Å². The van der Waals surface area contributed by atoms with Gasteiger partial charge in [0, 0.05) is 18.7 Å². The number of anilines is 1. The van der Waals surface area contributed by atoms with E-state index in [1.807, 2.05) is 19.9 Å². The molecule has 1 amide bonds. The maximum absolute atomic E-state index is 11.9. The fourth-order valence-corrected chi connectivity index (χ4v) is 2.58. The smallest absolute Gasteiger partial charge is 0.415 e. The van der Waals surface area contributed by atoms with Crippen molar-refractivity contribution < 1.29 is 14.6 Å². The third kappa shape index (κ3) is 1.29. The van der Waals surface area contributed by atoms with Gasteiger partial charge in [-0.05, 0) is 25.5 Å². The van der Waals surface area contributed by atoms with Gasteiger partial charge in [0.05, 0.1) is 12.3 Å². The lowest BCUT2D eigenvalue weighted by Gasteiger charge is -2.35. The molecule has 1 aromatic heterocycles. The summed E-state index contributed by atoms with van der Waals surface area (Å²) in [5.41, 5.74) is 1.88. The molecule has 2 aliphatic rings. The number of pyridine rings is 1. The van der Waals surface area contributed by atoms with Crippen molar-refractivity contribution in [2.24, 2.45) is 0 Å². The summed E-state index contributed by atoms with van der Waals surface area (Å²) in [5.74, 6) is -0.0341. The van der Waals surface area contributed by atoms with Crippen LogP contribution in [0, 0.1) is 0 Å². The van der Waals surface area contributed by atoms with E-state index in [-0.39, 0.29) is 18.6 Å². The first kappa shape index (κ1) is 10.5. The topological polar surface area (TPSA) is 62.7 Å². The highest BCUT2D eigenvalue weighted by molar-refractivity contribution is 5.94. The van der Waals surface area contributed by atoms with Gasteiger partial charge in [0.15, 0.2) is 5.60 Å². The first-order chi connectivity index (χ1) is 8.04. The van der Waals surface area contributed by atoms with E-state index >= 15 is 0 Å². The van der Waals surface area contributed by atoms with Crippen LogP contribution >= 0.6 is 0 Å². The molecule has 0 fully saturated rings. The molecule has 1 atom stereocenters. The minimum absolute atomic E-state index is 0.0284. The van der Waals surface area contributed by atoms with Gasteiger partial charge in [-0.3, -0.25) is 9.88 Å². The maximum Gasteiger partial charge on any atom is 0.415 e. The monoisotopic (exact) mass is 234 g/mol. The van der Waals surface area contributed by atoms with E-state index < -0.39 is 5.60 Å². The van der Waals surface area contributed by atoms with Gasteiger partial charge in [0.25, 0.3) is 0 Å². The second-order valence-corrected chi connectivity index (χ2v) is 4.97. The van der Waals surface area contributed by atoms with E-state index in [0.717, 1.165) is 16.9 Å². The van der Waals surface area contributed by atoms with Gasteiger partial charge in [-0.25, -0.2) is 4.79 Å². The standard InChI is InChI=1S/C12H14N2O3/c1-12(2)10-9-8(3-4-13-10)7(6-15)5-14(9)11(16)17-12/h3-4,7,15H,5-6H2,1-2H3/t7-/m1/s1. The molecule has 90 valence electrons. The number of carbonyl (C=O) groups is 1. The molecule has 17 heavy (non-hydrogen) atoms. The lowest BCUT2D eigenvalue weighted by Crippen LogP contribution is -2.42. The molecule has 0 spiro atoms. The van der Waals surface area contributed by atoms with Crippen LogP contribution in [-0.2, 0) is 10.3 Å². The molecular weight excluding hydrogens is 220 g/mol. The SMILES string of the molecule is CC1(C)OC(=O)N2C[C@H](CO)c3ccnc1c32. The van der Waals surface area contributed by atoms with Gasteiger partial charge in [0.1, 0.15) is 5.69 Å². The number of hydrogen-bond donors (Lipinski definition) is 1. The Hall–Kier alpha value is -1.62. The van der Waals surface area contributed by atoms with Crippen molar-refractivity contribution in [3.05, 3.63) is 23.5 Å². The molecule has 0 aliphatic carbocycles. The molecule has 0 aromatic carbocycles. The molecular formula is C12H14N2O3. The number of aliphatic hydroxyl groups is 1. The van der Waals surface area contributed by atoms with Crippen molar-refractivity contribution in [2.45, 2.75) is 25.4 Å². The number of hydrogen-bond acceptors (Lipinski definition) is 4. The summed E-state index contributed by atoms with van der Waals surface area (Å²) in [6, 6.07) is 1.87. The quantitative estimate of drug-likeness (QED) is 0.797. The third-order valence-corrected chi connectivity index (χ3v) is 3.42. The third-order valence-electron chi connectivity index (χ3n) is 3.42. The van der Waals surface area contributed by atoms with Gasteiger partial charge in [-0.2, -0.15) is 0 Å². The second-order valence-electron chi connectivity index (χ2n) is 4.97. The summed E-state index contributed by atoms with van der Waals surface area (Å²) in [6.45, 7) is 4.16. The van der Waals surface area contributed by atoms with E-state index in [4.69, 9.17) is 4.74 Å². The van der Waals surface area contributed by atoms with Crippen LogP contribution in [-0.4, -0.2) is 29.3 Å². The number of carbonyl (C=O) groups excluding carboxylic acids is 1. The number of ether oxygens (including phenoxy) is 1. The van der Waals surface area contributed by atoms with Crippen LogP contribution in [0.2, 0.25) is 0 Å². The van der Waals surface area contributed by atoms with Crippen molar-refractivity contribution in [2.75, 3.05) is 18.1 Å².